The highest BCUT2D eigenvalue weighted by atomic mass is 35.5. The van der Waals surface area contributed by atoms with E-state index in [0.717, 1.165) is 16.6 Å². The predicted molar refractivity (Wildman–Crippen MR) is 84.9 cm³/mol. The summed E-state index contributed by atoms with van der Waals surface area (Å²) in [4.78, 5) is 0. The maximum atomic E-state index is 12.3. The Morgan fingerprint density at radius 2 is 1.80 bits per heavy atom. The topological polar surface area (TPSA) is 32.3 Å². The summed E-state index contributed by atoms with van der Waals surface area (Å²) in [7, 11) is 2.16. The molecule has 0 N–H and O–H groups in total. The van der Waals surface area contributed by atoms with Gasteiger partial charge in [0, 0.05) is 20.9 Å². The summed E-state index contributed by atoms with van der Waals surface area (Å²) in [6.45, 7) is 1.94. The van der Waals surface area contributed by atoms with E-state index in [4.69, 9.17) is 27.9 Å². The van der Waals surface area contributed by atoms with E-state index in [2.05, 4.69) is 0 Å². The molecule has 0 spiro atoms. The Morgan fingerprint density at radius 1 is 1.15 bits per heavy atom. The van der Waals surface area contributed by atoms with E-state index in [9.17, 15) is 5.11 Å². The molecule has 0 atom stereocenters. The molecular weight excluding hydrogens is 314 g/mol. The summed E-state index contributed by atoms with van der Waals surface area (Å²) in [6, 6.07) is 10.6. The summed E-state index contributed by atoms with van der Waals surface area (Å²) < 4.78 is 5.15. The summed E-state index contributed by atoms with van der Waals surface area (Å²) in [5.41, 5.74) is 1.24. The molecule has 104 valence electrons. The molecular formula is C15H12Cl2O2P-. The minimum absolute atomic E-state index is 0.117. The maximum absolute atomic E-state index is 12.3. The van der Waals surface area contributed by atoms with E-state index in [1.807, 2.05) is 25.1 Å². The van der Waals surface area contributed by atoms with Gasteiger partial charge in [0.25, 0.3) is 0 Å². The van der Waals surface area contributed by atoms with Crippen LogP contribution in [-0.4, -0.2) is 12.6 Å². The minimum Gasteiger partial charge on any atom is -0.823 e. The molecule has 0 aliphatic carbocycles. The van der Waals surface area contributed by atoms with Gasteiger partial charge in [-0.25, -0.2) is 0 Å². The lowest BCUT2D eigenvalue weighted by Crippen LogP contribution is -2.19. The van der Waals surface area contributed by atoms with Gasteiger partial charge in [0.1, 0.15) is 5.75 Å². The van der Waals surface area contributed by atoms with Gasteiger partial charge in [0.2, 0.25) is 0 Å². The van der Waals surface area contributed by atoms with Gasteiger partial charge in [-0.1, -0.05) is 37.5 Å². The molecule has 20 heavy (non-hydrogen) atoms. The van der Waals surface area contributed by atoms with Crippen molar-refractivity contribution in [1.82, 2.24) is 0 Å². The SMILES string of the molecule is COc1ccc(P=C([O-])c2c(Cl)cccc2Cl)c(C)c1. The number of ether oxygens (including phenoxy) is 1. The lowest BCUT2D eigenvalue weighted by atomic mass is 10.2. The highest BCUT2D eigenvalue weighted by Crippen LogP contribution is 2.26. The van der Waals surface area contributed by atoms with Crippen LogP contribution < -0.4 is 15.1 Å². The van der Waals surface area contributed by atoms with Gasteiger partial charge in [-0.2, -0.15) is 0 Å². The number of aryl methyl sites for hydroxylation is 1. The van der Waals surface area contributed by atoms with Crippen molar-refractivity contribution in [3.05, 3.63) is 57.6 Å². The fourth-order valence-electron chi connectivity index (χ4n) is 1.75. The molecule has 0 bridgehead atoms. The second kappa shape index (κ2) is 6.60. The summed E-state index contributed by atoms with van der Waals surface area (Å²) in [5, 5.41) is 14.0. The Balaban J connectivity index is 2.45. The molecule has 0 fully saturated rings. The minimum atomic E-state index is -0.117. The van der Waals surface area contributed by atoms with Crippen LogP contribution in [0, 0.1) is 6.92 Å². The third kappa shape index (κ3) is 3.34. The van der Waals surface area contributed by atoms with Crippen LogP contribution in [0.3, 0.4) is 0 Å². The van der Waals surface area contributed by atoms with Crippen LogP contribution in [0.4, 0.5) is 0 Å². The molecule has 0 unspecified atom stereocenters. The van der Waals surface area contributed by atoms with Gasteiger partial charge in [-0.15, -0.1) is 5.48 Å². The Labute approximate surface area is 129 Å². The van der Waals surface area contributed by atoms with Crippen LogP contribution in [0.5, 0.6) is 5.75 Å². The first kappa shape index (κ1) is 15.3. The molecule has 0 radical (unpaired) electrons. The van der Waals surface area contributed by atoms with Crippen molar-refractivity contribution < 1.29 is 9.84 Å². The molecule has 0 aliphatic rings. The fraction of sp³-hybridized carbons (Fsp3) is 0.133. The number of hydrogen-bond donors (Lipinski definition) is 0. The number of methoxy groups -OCH3 is 1. The van der Waals surface area contributed by atoms with Crippen molar-refractivity contribution in [3.63, 3.8) is 0 Å². The van der Waals surface area contributed by atoms with Crippen LogP contribution in [0.25, 0.3) is 0 Å². The Morgan fingerprint density at radius 3 is 2.35 bits per heavy atom. The van der Waals surface area contributed by atoms with Gasteiger partial charge in [-0.3, -0.25) is 0 Å². The molecule has 0 heterocycles. The largest absolute Gasteiger partial charge is 0.823 e. The van der Waals surface area contributed by atoms with Crippen molar-refractivity contribution in [3.8, 4) is 5.75 Å². The van der Waals surface area contributed by atoms with E-state index >= 15 is 0 Å². The van der Waals surface area contributed by atoms with Crippen molar-refractivity contribution in [2.24, 2.45) is 0 Å². The Bertz CT molecular complexity index is 649. The van der Waals surface area contributed by atoms with E-state index in [0.29, 0.717) is 23.8 Å². The second-order valence-corrected chi connectivity index (χ2v) is 6.09. The van der Waals surface area contributed by atoms with Crippen molar-refractivity contribution >= 4 is 42.2 Å². The first-order valence-electron chi connectivity index (χ1n) is 5.87. The van der Waals surface area contributed by atoms with Crippen molar-refractivity contribution in [1.29, 1.82) is 0 Å². The second-order valence-electron chi connectivity index (χ2n) is 4.17. The molecule has 0 saturated heterocycles. The average Bonchev–Trinajstić information content (AvgIpc) is 2.41. The molecule has 0 saturated carbocycles. The van der Waals surface area contributed by atoms with Crippen LogP contribution in [0.2, 0.25) is 10.0 Å². The highest BCUT2D eigenvalue weighted by Gasteiger charge is 2.05. The first-order valence-corrected chi connectivity index (χ1v) is 7.52. The molecule has 2 rings (SSSR count). The van der Waals surface area contributed by atoms with Gasteiger partial charge in [0.05, 0.1) is 7.11 Å². The third-order valence-corrected chi connectivity index (χ3v) is 4.60. The van der Waals surface area contributed by atoms with Crippen molar-refractivity contribution in [2.75, 3.05) is 7.11 Å². The molecule has 0 aliphatic heterocycles. The quantitative estimate of drug-likeness (QED) is 0.810. The predicted octanol–water partition coefficient (Wildman–Crippen LogP) is 3.42. The molecule has 2 nitrogen and oxygen atoms in total. The van der Waals surface area contributed by atoms with Gasteiger partial charge in [0.15, 0.2) is 0 Å². The van der Waals surface area contributed by atoms with Gasteiger partial charge in [-0.05, 0) is 42.8 Å². The molecule has 5 heteroatoms. The van der Waals surface area contributed by atoms with E-state index in [1.54, 1.807) is 25.3 Å². The number of hydrogen-bond acceptors (Lipinski definition) is 2. The Kier molecular flexibility index (Phi) is 5.06. The van der Waals surface area contributed by atoms with Gasteiger partial charge < -0.3 is 9.84 Å². The number of halogens is 2. The fourth-order valence-corrected chi connectivity index (χ4v) is 3.41. The zero-order valence-electron chi connectivity index (χ0n) is 11.0. The van der Waals surface area contributed by atoms with Crippen LogP contribution in [-0.2, 0) is 0 Å². The summed E-state index contributed by atoms with van der Waals surface area (Å²) in [6.07, 6.45) is 0. The normalized spacial score (nSPS) is 11.6. The van der Waals surface area contributed by atoms with Crippen molar-refractivity contribution in [2.45, 2.75) is 6.92 Å². The molecule has 2 aromatic carbocycles. The van der Waals surface area contributed by atoms with Crippen LogP contribution in [0.15, 0.2) is 36.4 Å². The highest BCUT2D eigenvalue weighted by molar-refractivity contribution is 7.49. The smallest absolute Gasteiger partial charge is 0.119 e. The molecule has 2 aromatic rings. The van der Waals surface area contributed by atoms with Gasteiger partial charge >= 0.3 is 0 Å². The summed E-state index contributed by atoms with van der Waals surface area (Å²) in [5.74, 6) is 0.768. The first-order chi connectivity index (χ1) is 9.52. The standard InChI is InChI=1S/C15H13Cl2O2P/c1-9-8-10(19-2)6-7-13(9)20-15(18)14-11(16)4-3-5-12(14)17/h3-8,18H,1-2H3/p-1. The zero-order chi connectivity index (χ0) is 14.7. The monoisotopic (exact) mass is 325 g/mol. The number of rotatable bonds is 3. The summed E-state index contributed by atoms with van der Waals surface area (Å²) >= 11 is 12.1. The maximum Gasteiger partial charge on any atom is 0.119 e. The lowest BCUT2D eigenvalue weighted by molar-refractivity contribution is -0.206. The zero-order valence-corrected chi connectivity index (χ0v) is 13.4. The lowest BCUT2D eigenvalue weighted by Gasteiger charge is -2.16. The van der Waals surface area contributed by atoms with E-state index in [-0.39, 0.29) is 5.48 Å². The molecule has 0 amide bonds. The number of benzene rings is 2. The van der Waals surface area contributed by atoms with E-state index < -0.39 is 0 Å². The Hall–Kier alpha value is -1.05. The van der Waals surface area contributed by atoms with E-state index in [1.165, 1.54) is 0 Å². The van der Waals surface area contributed by atoms with Crippen LogP contribution >= 0.6 is 31.4 Å². The molecule has 0 aromatic heterocycles. The third-order valence-electron chi connectivity index (χ3n) is 2.80. The average molecular weight is 326 g/mol. The van der Waals surface area contributed by atoms with Crippen LogP contribution in [0.1, 0.15) is 11.1 Å².